The Morgan fingerprint density at radius 3 is 2.90 bits per heavy atom. The Labute approximate surface area is 120 Å². The molecule has 2 amide bonds. The highest BCUT2D eigenvalue weighted by Gasteiger charge is 2.26. The van der Waals surface area contributed by atoms with Crippen LogP contribution < -0.4 is 5.32 Å². The van der Waals surface area contributed by atoms with E-state index in [1.54, 1.807) is 4.90 Å². The van der Waals surface area contributed by atoms with Crippen LogP contribution in [0.4, 0.5) is 4.79 Å². The average Bonchev–Trinajstić information content (AvgIpc) is 2.89. The molecule has 1 fully saturated rings. The number of likely N-dealkylation sites (tertiary alicyclic amines) is 1. The lowest BCUT2D eigenvalue weighted by Crippen LogP contribution is -2.39. The van der Waals surface area contributed by atoms with Crippen LogP contribution in [0.1, 0.15) is 39.0 Å². The van der Waals surface area contributed by atoms with Gasteiger partial charge in [0.05, 0.1) is 0 Å². The third kappa shape index (κ3) is 6.75. The third-order valence-electron chi connectivity index (χ3n) is 3.43. The van der Waals surface area contributed by atoms with E-state index in [1.807, 2.05) is 0 Å². The lowest BCUT2D eigenvalue weighted by Gasteiger charge is -2.17. The number of carbonyl (C=O) groups is 2. The molecule has 0 spiro atoms. The van der Waals surface area contributed by atoms with Crippen molar-refractivity contribution in [1.82, 2.24) is 10.2 Å². The summed E-state index contributed by atoms with van der Waals surface area (Å²) in [6.07, 6.45) is 3.58. The van der Waals surface area contributed by atoms with Gasteiger partial charge in [-0.05, 0) is 31.6 Å². The van der Waals surface area contributed by atoms with Crippen LogP contribution >= 0.6 is 0 Å². The van der Waals surface area contributed by atoms with Gasteiger partial charge in [0.2, 0.25) is 0 Å². The Morgan fingerprint density at radius 2 is 2.20 bits per heavy atom. The van der Waals surface area contributed by atoms with Gasteiger partial charge in [-0.3, -0.25) is 4.79 Å². The van der Waals surface area contributed by atoms with Gasteiger partial charge in [-0.25, -0.2) is 4.79 Å². The maximum absolute atomic E-state index is 11.9. The van der Waals surface area contributed by atoms with Gasteiger partial charge in [0.15, 0.2) is 0 Å². The minimum Gasteiger partial charge on any atom is -0.481 e. The van der Waals surface area contributed by atoms with Crippen LogP contribution in [0.2, 0.25) is 0 Å². The number of hydrogen-bond acceptors (Lipinski definition) is 3. The summed E-state index contributed by atoms with van der Waals surface area (Å²) >= 11 is 0. The molecule has 0 radical (unpaired) electrons. The monoisotopic (exact) mass is 286 g/mol. The second kappa shape index (κ2) is 9.58. The Morgan fingerprint density at radius 1 is 1.40 bits per heavy atom. The molecule has 0 saturated carbocycles. The van der Waals surface area contributed by atoms with Crippen molar-refractivity contribution in [2.45, 2.75) is 39.0 Å². The van der Waals surface area contributed by atoms with E-state index in [2.05, 4.69) is 12.2 Å². The normalized spacial score (nSPS) is 18.2. The predicted molar refractivity (Wildman–Crippen MR) is 75.7 cm³/mol. The van der Waals surface area contributed by atoms with Gasteiger partial charge in [-0.2, -0.15) is 0 Å². The molecule has 0 aromatic carbocycles. The minimum absolute atomic E-state index is 0.0432. The fourth-order valence-corrected chi connectivity index (χ4v) is 2.31. The predicted octanol–water partition coefficient (Wildman–Crippen LogP) is 1.70. The van der Waals surface area contributed by atoms with Crippen molar-refractivity contribution < 1.29 is 19.4 Å². The lowest BCUT2D eigenvalue weighted by molar-refractivity contribution is -0.137. The molecule has 0 aliphatic carbocycles. The maximum atomic E-state index is 11.9. The molecule has 6 nitrogen and oxygen atoms in total. The van der Waals surface area contributed by atoms with Gasteiger partial charge < -0.3 is 20.1 Å². The number of rotatable bonds is 9. The number of aliphatic carboxylic acids is 1. The van der Waals surface area contributed by atoms with Crippen LogP contribution in [0.25, 0.3) is 0 Å². The summed E-state index contributed by atoms with van der Waals surface area (Å²) in [6.45, 7) is 5.53. The zero-order valence-electron chi connectivity index (χ0n) is 12.3. The highest BCUT2D eigenvalue weighted by Crippen LogP contribution is 2.20. The van der Waals surface area contributed by atoms with Gasteiger partial charge in [0.25, 0.3) is 0 Å². The van der Waals surface area contributed by atoms with Gasteiger partial charge >= 0.3 is 12.0 Å². The number of nitrogens with one attached hydrogen (secondary N) is 1. The van der Waals surface area contributed by atoms with Gasteiger partial charge in [-0.1, -0.05) is 6.92 Å². The zero-order valence-corrected chi connectivity index (χ0v) is 12.3. The second-order valence-electron chi connectivity index (χ2n) is 5.23. The van der Waals surface area contributed by atoms with Crippen molar-refractivity contribution in [3.63, 3.8) is 0 Å². The summed E-state index contributed by atoms with van der Waals surface area (Å²) in [6, 6.07) is -0.0432. The topological polar surface area (TPSA) is 78.9 Å². The van der Waals surface area contributed by atoms with Crippen LogP contribution in [0.3, 0.4) is 0 Å². The van der Waals surface area contributed by atoms with E-state index in [-0.39, 0.29) is 12.5 Å². The molecule has 116 valence electrons. The Balaban J connectivity index is 2.07. The molecule has 0 aromatic heterocycles. The molecule has 1 atom stereocenters. The molecule has 6 heteroatoms. The van der Waals surface area contributed by atoms with Crippen molar-refractivity contribution in [3.05, 3.63) is 0 Å². The Bertz CT molecular complexity index is 310. The Hall–Kier alpha value is -1.30. The van der Waals surface area contributed by atoms with E-state index in [1.165, 1.54) is 0 Å². The first-order valence-corrected chi connectivity index (χ1v) is 7.45. The highest BCUT2D eigenvalue weighted by atomic mass is 16.5. The van der Waals surface area contributed by atoms with E-state index in [4.69, 9.17) is 9.84 Å². The summed E-state index contributed by atoms with van der Waals surface area (Å²) in [4.78, 5) is 24.2. The van der Waals surface area contributed by atoms with Crippen molar-refractivity contribution >= 4 is 12.0 Å². The number of urea groups is 1. The molecule has 1 aliphatic heterocycles. The minimum atomic E-state index is -0.764. The smallest absolute Gasteiger partial charge is 0.317 e. The van der Waals surface area contributed by atoms with Crippen LogP contribution in [-0.2, 0) is 9.53 Å². The number of nitrogens with zero attached hydrogens (tertiary/aromatic N) is 1. The van der Waals surface area contributed by atoms with Crippen LogP contribution in [-0.4, -0.2) is 54.9 Å². The number of carboxylic acids is 1. The number of amides is 2. The fraction of sp³-hybridized carbons (Fsp3) is 0.857. The standard InChI is InChI=1S/C14H26N2O4/c1-2-9-20-10-3-7-15-14(19)16-8-6-12(11-16)4-5-13(17)18/h12H,2-11H2,1H3,(H,15,19)(H,17,18). The van der Waals surface area contributed by atoms with E-state index >= 15 is 0 Å². The van der Waals surface area contributed by atoms with E-state index in [9.17, 15) is 9.59 Å². The zero-order chi connectivity index (χ0) is 14.8. The molecular formula is C14H26N2O4. The molecular weight excluding hydrogens is 260 g/mol. The molecule has 1 aliphatic rings. The Kier molecular flexibility index (Phi) is 8.02. The van der Waals surface area contributed by atoms with Crippen LogP contribution in [0.5, 0.6) is 0 Å². The summed E-state index contributed by atoms with van der Waals surface area (Å²) in [5.74, 6) is -0.440. The van der Waals surface area contributed by atoms with Crippen LogP contribution in [0, 0.1) is 5.92 Å². The van der Waals surface area contributed by atoms with Crippen molar-refractivity contribution in [1.29, 1.82) is 0 Å². The van der Waals surface area contributed by atoms with Crippen LogP contribution in [0.15, 0.2) is 0 Å². The first-order valence-electron chi connectivity index (χ1n) is 7.45. The number of hydrogen-bond donors (Lipinski definition) is 2. The fourth-order valence-electron chi connectivity index (χ4n) is 2.31. The maximum Gasteiger partial charge on any atom is 0.317 e. The summed E-state index contributed by atoms with van der Waals surface area (Å²) in [5, 5.41) is 11.5. The molecule has 2 N–H and O–H groups in total. The lowest BCUT2D eigenvalue weighted by atomic mass is 10.0. The number of carbonyl (C=O) groups excluding carboxylic acids is 1. The molecule has 20 heavy (non-hydrogen) atoms. The van der Waals surface area contributed by atoms with Crippen molar-refractivity contribution in [2.75, 3.05) is 32.8 Å². The van der Waals surface area contributed by atoms with Gasteiger partial charge in [-0.15, -0.1) is 0 Å². The molecule has 0 bridgehead atoms. The van der Waals surface area contributed by atoms with Gasteiger partial charge in [0.1, 0.15) is 0 Å². The number of carboxylic acid groups (broad SMARTS) is 1. The average molecular weight is 286 g/mol. The first kappa shape index (κ1) is 16.8. The SMILES string of the molecule is CCCOCCCNC(=O)N1CCC(CCC(=O)O)C1. The third-order valence-corrected chi connectivity index (χ3v) is 3.43. The molecule has 1 saturated heterocycles. The van der Waals surface area contributed by atoms with Crippen molar-refractivity contribution in [3.8, 4) is 0 Å². The van der Waals surface area contributed by atoms with Crippen molar-refractivity contribution in [2.24, 2.45) is 5.92 Å². The first-order chi connectivity index (χ1) is 9.63. The molecule has 1 rings (SSSR count). The molecule has 1 heterocycles. The van der Waals surface area contributed by atoms with E-state index in [0.29, 0.717) is 32.0 Å². The second-order valence-corrected chi connectivity index (χ2v) is 5.23. The highest BCUT2D eigenvalue weighted by molar-refractivity contribution is 5.74. The quantitative estimate of drug-likeness (QED) is 0.632. The van der Waals surface area contributed by atoms with E-state index in [0.717, 1.165) is 32.4 Å². The largest absolute Gasteiger partial charge is 0.481 e. The summed E-state index contributed by atoms with van der Waals surface area (Å²) in [7, 11) is 0. The number of ether oxygens (including phenoxy) is 1. The summed E-state index contributed by atoms with van der Waals surface area (Å²) < 4.78 is 5.34. The summed E-state index contributed by atoms with van der Waals surface area (Å²) in [5.41, 5.74) is 0. The molecule has 1 unspecified atom stereocenters. The molecule has 0 aromatic rings. The van der Waals surface area contributed by atoms with Gasteiger partial charge in [0, 0.05) is 39.3 Å². The van der Waals surface area contributed by atoms with E-state index < -0.39 is 5.97 Å².